The molecule has 2 aliphatic rings. The average Bonchev–Trinajstić information content (AvgIpc) is 3.09. The largest absolute Gasteiger partial charge is 0.325 e. The Balaban J connectivity index is 1.69. The predicted octanol–water partition coefficient (Wildman–Crippen LogP) is 1.37. The Morgan fingerprint density at radius 1 is 1.21 bits per heavy atom. The molecule has 1 aliphatic heterocycles. The number of rotatable bonds is 2. The van der Waals surface area contributed by atoms with E-state index in [1.54, 1.807) is 6.07 Å². The van der Waals surface area contributed by atoms with Gasteiger partial charge >= 0.3 is 6.03 Å². The summed E-state index contributed by atoms with van der Waals surface area (Å²) in [4.78, 5) is 42.9. The zero-order valence-electron chi connectivity index (χ0n) is 13.4. The van der Waals surface area contributed by atoms with Crippen LogP contribution < -0.4 is 10.9 Å². The summed E-state index contributed by atoms with van der Waals surface area (Å²) in [6, 6.07) is 6.38. The number of carbonyl (C=O) groups is 2. The lowest BCUT2D eigenvalue weighted by Gasteiger charge is -2.19. The van der Waals surface area contributed by atoms with Crippen LogP contribution in [0.3, 0.4) is 0 Å². The third-order valence-corrected chi connectivity index (χ3v) is 4.96. The van der Waals surface area contributed by atoms with Gasteiger partial charge in [0.2, 0.25) is 0 Å². The minimum Gasteiger partial charge on any atom is -0.323 e. The second-order valence-electron chi connectivity index (χ2n) is 6.56. The Bertz CT molecular complexity index is 912. The van der Waals surface area contributed by atoms with Crippen LogP contribution in [0.4, 0.5) is 4.79 Å². The van der Waals surface area contributed by atoms with E-state index < -0.39 is 11.6 Å². The van der Waals surface area contributed by atoms with E-state index in [1.165, 1.54) is 15.4 Å². The van der Waals surface area contributed by atoms with Gasteiger partial charge in [0.15, 0.2) is 0 Å². The van der Waals surface area contributed by atoms with Crippen LogP contribution in [-0.2, 0) is 11.3 Å². The summed E-state index contributed by atoms with van der Waals surface area (Å²) in [5.74, 6) is -0.198. The molecule has 1 N–H and O–H groups in total. The first kappa shape index (κ1) is 14.9. The van der Waals surface area contributed by atoms with E-state index in [0.29, 0.717) is 24.2 Å². The van der Waals surface area contributed by atoms with Crippen molar-refractivity contribution in [3.8, 4) is 0 Å². The van der Waals surface area contributed by atoms with Crippen LogP contribution >= 0.6 is 0 Å². The van der Waals surface area contributed by atoms with Crippen LogP contribution in [0.5, 0.6) is 0 Å². The molecule has 1 saturated heterocycles. The fourth-order valence-electron chi connectivity index (χ4n) is 3.74. The molecule has 4 rings (SSSR count). The van der Waals surface area contributed by atoms with Crippen molar-refractivity contribution < 1.29 is 9.59 Å². The number of aromatic nitrogens is 2. The highest BCUT2D eigenvalue weighted by molar-refractivity contribution is 6.07. The quantitative estimate of drug-likeness (QED) is 0.845. The third-order valence-electron chi connectivity index (χ3n) is 4.96. The SMILES string of the molecule is Cc1cccc2nc(CN3C(=O)NC4(CCCC4)C3=O)cc(=O)n12. The number of nitrogens with one attached hydrogen (secondary N) is 1. The normalized spacial score (nSPS) is 19.5. The van der Waals surface area contributed by atoms with Crippen LogP contribution in [-0.4, -0.2) is 31.8 Å². The van der Waals surface area contributed by atoms with Crippen molar-refractivity contribution in [3.05, 3.63) is 46.0 Å². The number of hydrogen-bond acceptors (Lipinski definition) is 4. The summed E-state index contributed by atoms with van der Waals surface area (Å²) in [6.07, 6.45) is 3.24. The maximum Gasteiger partial charge on any atom is 0.325 e. The molecule has 2 fully saturated rings. The molecular formula is C17H18N4O3. The number of hydrogen-bond donors (Lipinski definition) is 1. The highest BCUT2D eigenvalue weighted by atomic mass is 16.2. The van der Waals surface area contributed by atoms with Gasteiger partial charge in [-0.3, -0.25) is 18.9 Å². The van der Waals surface area contributed by atoms with Gasteiger partial charge in [-0.2, -0.15) is 0 Å². The molecule has 3 amide bonds. The molecule has 1 aliphatic carbocycles. The molecule has 1 spiro atoms. The van der Waals surface area contributed by atoms with Gasteiger partial charge in [-0.05, 0) is 31.9 Å². The van der Waals surface area contributed by atoms with Crippen molar-refractivity contribution in [3.63, 3.8) is 0 Å². The second-order valence-corrected chi connectivity index (χ2v) is 6.56. The molecular weight excluding hydrogens is 308 g/mol. The molecule has 3 heterocycles. The minimum absolute atomic E-state index is 0.0199. The first-order valence-corrected chi connectivity index (χ1v) is 8.13. The maximum atomic E-state index is 12.7. The first-order valence-electron chi connectivity index (χ1n) is 8.13. The van der Waals surface area contributed by atoms with Crippen molar-refractivity contribution in [2.24, 2.45) is 0 Å². The molecule has 24 heavy (non-hydrogen) atoms. The fourth-order valence-corrected chi connectivity index (χ4v) is 3.74. The van der Waals surface area contributed by atoms with Crippen LogP contribution in [0.25, 0.3) is 5.65 Å². The second kappa shape index (κ2) is 5.15. The van der Waals surface area contributed by atoms with Gasteiger partial charge in [-0.25, -0.2) is 9.78 Å². The van der Waals surface area contributed by atoms with E-state index in [2.05, 4.69) is 10.3 Å². The molecule has 7 heteroatoms. The lowest BCUT2D eigenvalue weighted by Crippen LogP contribution is -2.44. The maximum absolute atomic E-state index is 12.7. The highest BCUT2D eigenvalue weighted by Gasteiger charge is 2.52. The summed E-state index contributed by atoms with van der Waals surface area (Å²) < 4.78 is 1.51. The Labute approximate surface area is 138 Å². The van der Waals surface area contributed by atoms with E-state index >= 15 is 0 Å². The van der Waals surface area contributed by atoms with Crippen molar-refractivity contribution in [1.82, 2.24) is 19.6 Å². The van der Waals surface area contributed by atoms with Gasteiger partial charge in [-0.1, -0.05) is 18.9 Å². The van der Waals surface area contributed by atoms with E-state index in [9.17, 15) is 14.4 Å². The number of pyridine rings is 1. The van der Waals surface area contributed by atoms with E-state index in [0.717, 1.165) is 18.5 Å². The number of imide groups is 1. The van der Waals surface area contributed by atoms with Crippen LogP contribution in [0, 0.1) is 6.92 Å². The summed E-state index contributed by atoms with van der Waals surface area (Å²) >= 11 is 0. The number of aryl methyl sites for hydroxylation is 1. The van der Waals surface area contributed by atoms with E-state index in [1.807, 2.05) is 19.1 Å². The molecule has 0 radical (unpaired) electrons. The first-order chi connectivity index (χ1) is 11.5. The Hall–Kier alpha value is -2.70. The minimum atomic E-state index is -0.737. The molecule has 0 aromatic carbocycles. The highest BCUT2D eigenvalue weighted by Crippen LogP contribution is 2.35. The monoisotopic (exact) mass is 326 g/mol. The molecule has 124 valence electrons. The summed E-state index contributed by atoms with van der Waals surface area (Å²) in [7, 11) is 0. The van der Waals surface area contributed by atoms with Crippen molar-refractivity contribution >= 4 is 17.6 Å². The number of amides is 3. The van der Waals surface area contributed by atoms with E-state index in [-0.39, 0.29) is 18.0 Å². The van der Waals surface area contributed by atoms with Crippen LogP contribution in [0.1, 0.15) is 37.1 Å². The van der Waals surface area contributed by atoms with Gasteiger partial charge in [0, 0.05) is 11.8 Å². The summed E-state index contributed by atoms with van der Waals surface area (Å²) in [5.41, 5.74) is 0.774. The summed E-state index contributed by atoms with van der Waals surface area (Å²) in [5, 5.41) is 2.84. The van der Waals surface area contributed by atoms with Crippen molar-refractivity contribution in [2.45, 2.75) is 44.7 Å². The van der Waals surface area contributed by atoms with Gasteiger partial charge < -0.3 is 5.32 Å². The van der Waals surface area contributed by atoms with Gasteiger partial charge in [0.1, 0.15) is 11.2 Å². The molecule has 0 atom stereocenters. The number of urea groups is 1. The van der Waals surface area contributed by atoms with Crippen LogP contribution in [0.2, 0.25) is 0 Å². The molecule has 0 bridgehead atoms. The molecule has 0 unspecified atom stereocenters. The van der Waals surface area contributed by atoms with Crippen molar-refractivity contribution in [2.75, 3.05) is 0 Å². The lowest BCUT2D eigenvalue weighted by molar-refractivity contribution is -0.131. The summed E-state index contributed by atoms with van der Waals surface area (Å²) in [6.45, 7) is 1.85. The number of carbonyl (C=O) groups excluding carboxylic acids is 2. The third kappa shape index (κ3) is 2.11. The number of fused-ring (bicyclic) bond motifs is 1. The van der Waals surface area contributed by atoms with E-state index in [4.69, 9.17) is 0 Å². The Kier molecular flexibility index (Phi) is 3.19. The lowest BCUT2D eigenvalue weighted by atomic mass is 9.98. The zero-order valence-corrected chi connectivity index (χ0v) is 13.4. The van der Waals surface area contributed by atoms with Crippen molar-refractivity contribution in [1.29, 1.82) is 0 Å². The smallest absolute Gasteiger partial charge is 0.323 e. The zero-order chi connectivity index (χ0) is 16.9. The molecule has 2 aromatic rings. The molecule has 2 aromatic heterocycles. The van der Waals surface area contributed by atoms with Gasteiger partial charge in [0.25, 0.3) is 11.5 Å². The standard InChI is InChI=1S/C17H18N4O3/c1-11-5-4-6-13-18-12(9-14(22)21(11)13)10-20-15(23)17(19-16(20)24)7-2-3-8-17/h4-6,9H,2-3,7-8,10H2,1H3,(H,19,24). The topological polar surface area (TPSA) is 83.8 Å². The van der Waals surface area contributed by atoms with Crippen LogP contribution in [0.15, 0.2) is 29.1 Å². The molecule has 1 saturated carbocycles. The Morgan fingerprint density at radius 2 is 1.96 bits per heavy atom. The van der Waals surface area contributed by atoms with Gasteiger partial charge in [-0.15, -0.1) is 0 Å². The number of nitrogens with zero attached hydrogens (tertiary/aromatic N) is 3. The Morgan fingerprint density at radius 3 is 2.71 bits per heavy atom. The fraction of sp³-hybridized carbons (Fsp3) is 0.412. The molecule has 7 nitrogen and oxygen atoms in total. The predicted molar refractivity (Wildman–Crippen MR) is 86.5 cm³/mol. The average molecular weight is 326 g/mol. The van der Waals surface area contributed by atoms with Gasteiger partial charge in [0.05, 0.1) is 12.2 Å².